The normalized spacial score (nSPS) is 14.4. The summed E-state index contributed by atoms with van der Waals surface area (Å²) in [4.78, 5) is 6.92. The van der Waals surface area contributed by atoms with E-state index in [9.17, 15) is 0 Å². The van der Waals surface area contributed by atoms with Gasteiger partial charge in [0.25, 0.3) is 0 Å². The average molecular weight is 496 g/mol. The Morgan fingerprint density at radius 2 is 1.64 bits per heavy atom. The number of anilines is 1. The van der Waals surface area contributed by atoms with Gasteiger partial charge >= 0.3 is 0 Å². The van der Waals surface area contributed by atoms with Gasteiger partial charge in [0.2, 0.25) is 0 Å². The summed E-state index contributed by atoms with van der Waals surface area (Å²) >= 11 is 0. The summed E-state index contributed by atoms with van der Waals surface area (Å²) in [6.45, 7) is 4.00. The molecule has 28 heavy (non-hydrogen) atoms. The zero-order valence-corrected chi connectivity index (χ0v) is 18.8. The first-order chi connectivity index (χ1) is 13.2. The van der Waals surface area contributed by atoms with Gasteiger partial charge < -0.3 is 20.5 Å². The molecule has 0 aliphatic carbocycles. The number of ether oxygens (including phenoxy) is 2. The molecule has 1 heterocycles. The van der Waals surface area contributed by atoms with Crippen LogP contribution in [0.25, 0.3) is 0 Å². The average Bonchev–Trinajstić information content (AvgIpc) is 3.20. The molecule has 0 unspecified atom stereocenters. The molecule has 1 aliphatic heterocycles. The van der Waals surface area contributed by atoms with Crippen LogP contribution in [0.3, 0.4) is 0 Å². The van der Waals surface area contributed by atoms with Gasteiger partial charge in [-0.15, -0.1) is 24.0 Å². The number of hydrogen-bond acceptors (Lipinski definition) is 4. The molecule has 1 fully saturated rings. The second-order valence-corrected chi connectivity index (χ2v) is 6.70. The largest absolute Gasteiger partial charge is 0.493 e. The number of aliphatic imine (C=N–C) groups is 1. The molecule has 3 N–H and O–H groups in total. The fraction of sp³-hybridized carbons (Fsp3) is 0.381. The van der Waals surface area contributed by atoms with Gasteiger partial charge in [0.1, 0.15) is 0 Å². The minimum atomic E-state index is 0. The van der Waals surface area contributed by atoms with E-state index in [1.165, 1.54) is 31.5 Å². The number of hydrogen-bond donors (Lipinski definition) is 2. The molecule has 2 aromatic carbocycles. The highest BCUT2D eigenvalue weighted by Gasteiger charge is 2.11. The Balaban J connectivity index is 0.00000280. The summed E-state index contributed by atoms with van der Waals surface area (Å²) in [6.07, 6.45) is 2.64. The Labute approximate surface area is 184 Å². The Bertz CT molecular complexity index is 774. The highest BCUT2D eigenvalue weighted by molar-refractivity contribution is 14.0. The van der Waals surface area contributed by atoms with E-state index in [-0.39, 0.29) is 24.0 Å². The SMILES string of the molecule is COc1ccc(NC(N)=NCc2ccc(CN3CCCC3)cc2)cc1OC.I. The van der Waals surface area contributed by atoms with Crippen LogP contribution in [0, 0.1) is 0 Å². The van der Waals surface area contributed by atoms with E-state index in [1.807, 2.05) is 18.2 Å². The smallest absolute Gasteiger partial charge is 0.193 e. The Kier molecular flexibility index (Phi) is 8.85. The number of nitrogens with one attached hydrogen (secondary N) is 1. The summed E-state index contributed by atoms with van der Waals surface area (Å²) in [5.41, 5.74) is 9.30. The summed E-state index contributed by atoms with van der Waals surface area (Å²) in [7, 11) is 3.21. The standard InChI is InChI=1S/C21H28N4O2.HI/c1-26-19-10-9-18(13-20(19)27-2)24-21(22)23-14-16-5-7-17(8-6-16)15-25-11-3-4-12-25;/h5-10,13H,3-4,11-12,14-15H2,1-2H3,(H3,22,23,24);1H. The van der Waals surface area contributed by atoms with Crippen LogP contribution in [0.1, 0.15) is 24.0 Å². The van der Waals surface area contributed by atoms with Gasteiger partial charge in [-0.1, -0.05) is 24.3 Å². The highest BCUT2D eigenvalue weighted by Crippen LogP contribution is 2.29. The number of rotatable bonds is 7. The quantitative estimate of drug-likeness (QED) is 0.346. The van der Waals surface area contributed by atoms with Crippen molar-refractivity contribution < 1.29 is 9.47 Å². The van der Waals surface area contributed by atoms with Crippen LogP contribution in [-0.4, -0.2) is 38.2 Å². The van der Waals surface area contributed by atoms with E-state index in [2.05, 4.69) is 39.5 Å². The lowest BCUT2D eigenvalue weighted by Crippen LogP contribution is -2.22. The minimum absolute atomic E-state index is 0. The van der Waals surface area contributed by atoms with Gasteiger partial charge in [0.15, 0.2) is 17.5 Å². The van der Waals surface area contributed by atoms with E-state index < -0.39 is 0 Å². The summed E-state index contributed by atoms with van der Waals surface area (Å²) in [6, 6.07) is 14.1. The molecular formula is C21H29IN4O2. The molecule has 152 valence electrons. The van der Waals surface area contributed by atoms with Crippen molar-refractivity contribution in [3.05, 3.63) is 53.6 Å². The van der Waals surface area contributed by atoms with Crippen molar-refractivity contribution in [2.24, 2.45) is 10.7 Å². The van der Waals surface area contributed by atoms with Gasteiger partial charge in [-0.3, -0.25) is 4.90 Å². The number of guanidine groups is 1. The highest BCUT2D eigenvalue weighted by atomic mass is 127. The molecule has 0 amide bonds. The van der Waals surface area contributed by atoms with Crippen LogP contribution in [-0.2, 0) is 13.1 Å². The summed E-state index contributed by atoms with van der Waals surface area (Å²) < 4.78 is 10.5. The molecule has 0 spiro atoms. The van der Waals surface area contributed by atoms with Crippen molar-refractivity contribution >= 4 is 35.6 Å². The number of methoxy groups -OCH3 is 2. The Morgan fingerprint density at radius 1 is 1.00 bits per heavy atom. The second-order valence-electron chi connectivity index (χ2n) is 6.70. The monoisotopic (exact) mass is 496 g/mol. The number of nitrogens with two attached hydrogens (primary N) is 1. The molecule has 0 radical (unpaired) electrons. The van der Waals surface area contributed by atoms with E-state index in [0.29, 0.717) is 24.0 Å². The van der Waals surface area contributed by atoms with E-state index in [0.717, 1.165) is 17.8 Å². The molecule has 7 heteroatoms. The van der Waals surface area contributed by atoms with Crippen molar-refractivity contribution in [1.82, 2.24) is 4.90 Å². The third-order valence-electron chi connectivity index (χ3n) is 4.72. The van der Waals surface area contributed by atoms with Gasteiger partial charge in [-0.2, -0.15) is 0 Å². The molecule has 1 aliphatic rings. The van der Waals surface area contributed by atoms with Crippen molar-refractivity contribution in [3.63, 3.8) is 0 Å². The molecule has 0 bridgehead atoms. The molecule has 3 rings (SSSR count). The first kappa shape index (κ1) is 22.3. The number of benzene rings is 2. The topological polar surface area (TPSA) is 72.1 Å². The van der Waals surface area contributed by atoms with E-state index >= 15 is 0 Å². The van der Waals surface area contributed by atoms with Gasteiger partial charge in [0, 0.05) is 18.3 Å². The molecule has 0 atom stereocenters. The summed E-state index contributed by atoms with van der Waals surface area (Å²) in [5.74, 6) is 1.68. The van der Waals surface area contributed by atoms with Crippen molar-refractivity contribution in [3.8, 4) is 11.5 Å². The van der Waals surface area contributed by atoms with Gasteiger partial charge in [-0.05, 0) is 49.2 Å². The number of halogens is 1. The lowest BCUT2D eigenvalue weighted by Gasteiger charge is -2.14. The molecular weight excluding hydrogens is 467 g/mol. The zero-order valence-electron chi connectivity index (χ0n) is 16.5. The summed E-state index contributed by atoms with van der Waals surface area (Å²) in [5, 5.41) is 3.08. The molecule has 6 nitrogen and oxygen atoms in total. The van der Waals surface area contributed by atoms with E-state index in [1.54, 1.807) is 14.2 Å². The maximum Gasteiger partial charge on any atom is 0.193 e. The molecule has 1 saturated heterocycles. The lowest BCUT2D eigenvalue weighted by molar-refractivity contribution is 0.331. The van der Waals surface area contributed by atoms with Crippen molar-refractivity contribution in [2.45, 2.75) is 25.9 Å². The maximum absolute atomic E-state index is 6.01. The van der Waals surface area contributed by atoms with Crippen LogP contribution in [0.5, 0.6) is 11.5 Å². The third kappa shape index (κ3) is 6.27. The van der Waals surface area contributed by atoms with Crippen LogP contribution < -0.4 is 20.5 Å². The molecule has 0 aromatic heterocycles. The second kappa shape index (κ2) is 11.1. The first-order valence-electron chi connectivity index (χ1n) is 9.27. The zero-order chi connectivity index (χ0) is 19.1. The minimum Gasteiger partial charge on any atom is -0.493 e. The van der Waals surface area contributed by atoms with E-state index in [4.69, 9.17) is 15.2 Å². The first-order valence-corrected chi connectivity index (χ1v) is 9.27. The number of likely N-dealkylation sites (tertiary alicyclic amines) is 1. The third-order valence-corrected chi connectivity index (χ3v) is 4.72. The molecule has 2 aromatic rings. The molecule has 0 saturated carbocycles. The van der Waals surface area contributed by atoms with Crippen LogP contribution in [0.4, 0.5) is 5.69 Å². The van der Waals surface area contributed by atoms with Gasteiger partial charge in [0.05, 0.1) is 20.8 Å². The van der Waals surface area contributed by atoms with Crippen molar-refractivity contribution in [1.29, 1.82) is 0 Å². The lowest BCUT2D eigenvalue weighted by atomic mass is 10.1. The predicted octanol–water partition coefficient (Wildman–Crippen LogP) is 3.84. The fourth-order valence-corrected chi connectivity index (χ4v) is 3.23. The predicted molar refractivity (Wildman–Crippen MR) is 125 cm³/mol. The maximum atomic E-state index is 6.01. The Hall–Kier alpha value is -2.00. The number of nitrogens with zero attached hydrogens (tertiary/aromatic N) is 2. The van der Waals surface area contributed by atoms with Gasteiger partial charge in [-0.25, -0.2) is 4.99 Å². The fourth-order valence-electron chi connectivity index (χ4n) is 3.23. The van der Waals surface area contributed by atoms with Crippen molar-refractivity contribution in [2.75, 3.05) is 32.6 Å². The Morgan fingerprint density at radius 3 is 2.29 bits per heavy atom. The van der Waals surface area contributed by atoms with Crippen LogP contribution in [0.2, 0.25) is 0 Å². The van der Waals surface area contributed by atoms with Crippen LogP contribution >= 0.6 is 24.0 Å². The van der Waals surface area contributed by atoms with Crippen LogP contribution in [0.15, 0.2) is 47.5 Å².